The Morgan fingerprint density at radius 2 is 1.90 bits per heavy atom. The summed E-state index contributed by atoms with van der Waals surface area (Å²) in [7, 11) is 1.43. The van der Waals surface area contributed by atoms with Gasteiger partial charge < -0.3 is 33.8 Å². The second-order valence-corrected chi connectivity index (χ2v) is 7.76. The molecule has 0 radical (unpaired) electrons. The lowest BCUT2D eigenvalue weighted by molar-refractivity contribution is -0.308. The molecule has 168 valence electrons. The zero-order chi connectivity index (χ0) is 22.9. The van der Waals surface area contributed by atoms with Gasteiger partial charge in [0.15, 0.2) is 12.2 Å². The Morgan fingerprint density at radius 1 is 1.19 bits per heavy atom. The third-order valence-corrected chi connectivity index (χ3v) is 4.85. The number of benzene rings is 1. The van der Waals surface area contributed by atoms with Crippen molar-refractivity contribution < 1.29 is 38.1 Å². The maximum atomic E-state index is 12.1. The summed E-state index contributed by atoms with van der Waals surface area (Å²) in [6, 6.07) is 6.16. The van der Waals surface area contributed by atoms with Gasteiger partial charge in [-0.3, -0.25) is 9.59 Å². The van der Waals surface area contributed by atoms with Gasteiger partial charge >= 0.3 is 11.6 Å². The van der Waals surface area contributed by atoms with Gasteiger partial charge in [0.25, 0.3) is 0 Å². The van der Waals surface area contributed by atoms with Crippen molar-refractivity contribution in [1.82, 2.24) is 0 Å². The highest BCUT2D eigenvalue weighted by Crippen LogP contribution is 2.34. The van der Waals surface area contributed by atoms with E-state index in [2.05, 4.69) is 5.32 Å². The van der Waals surface area contributed by atoms with Crippen LogP contribution in [0.3, 0.4) is 0 Å². The summed E-state index contributed by atoms with van der Waals surface area (Å²) in [4.78, 5) is 34.8. The monoisotopic (exact) mass is 435 g/mol. The van der Waals surface area contributed by atoms with Gasteiger partial charge in [-0.2, -0.15) is 0 Å². The number of methoxy groups -OCH3 is 1. The molecular weight excluding hydrogens is 410 g/mol. The Labute approximate surface area is 178 Å². The van der Waals surface area contributed by atoms with E-state index in [1.165, 1.54) is 33.1 Å². The first kappa shape index (κ1) is 22.7. The van der Waals surface area contributed by atoms with Gasteiger partial charge in [-0.05, 0) is 32.0 Å². The molecule has 2 heterocycles. The highest BCUT2D eigenvalue weighted by atomic mass is 16.7. The largest absolute Gasteiger partial charge is 0.462 e. The fourth-order valence-corrected chi connectivity index (χ4v) is 3.58. The van der Waals surface area contributed by atoms with Crippen molar-refractivity contribution >= 4 is 28.5 Å². The quantitative estimate of drug-likeness (QED) is 0.530. The van der Waals surface area contributed by atoms with E-state index in [-0.39, 0.29) is 17.0 Å². The highest BCUT2D eigenvalue weighted by Gasteiger charge is 2.53. The lowest BCUT2D eigenvalue weighted by Crippen LogP contribution is -2.64. The predicted molar refractivity (Wildman–Crippen MR) is 109 cm³/mol. The molecule has 1 fully saturated rings. The normalized spacial score (nSPS) is 25.1. The predicted octanol–water partition coefficient (Wildman–Crippen LogP) is 1.57. The number of hydrogen-bond donors (Lipinski definition) is 2. The zero-order valence-corrected chi connectivity index (χ0v) is 17.8. The van der Waals surface area contributed by atoms with Crippen LogP contribution < -0.4 is 15.7 Å². The molecule has 1 aliphatic rings. The fraction of sp³-hybridized carbons (Fsp3) is 0.476. The molecule has 0 spiro atoms. The van der Waals surface area contributed by atoms with Gasteiger partial charge in [0.05, 0.1) is 5.60 Å². The number of nitrogens with one attached hydrogen (secondary N) is 1. The molecule has 1 aromatic carbocycles. The minimum atomic E-state index is -1.34. The number of amides is 1. The second-order valence-electron chi connectivity index (χ2n) is 7.76. The van der Waals surface area contributed by atoms with Gasteiger partial charge in [-0.15, -0.1) is 0 Å². The molecule has 0 aliphatic carbocycles. The number of esters is 1. The molecule has 4 atom stereocenters. The summed E-state index contributed by atoms with van der Waals surface area (Å²) in [5, 5.41) is 13.7. The lowest BCUT2D eigenvalue weighted by atomic mass is 9.89. The van der Waals surface area contributed by atoms with Crippen LogP contribution in [0.2, 0.25) is 0 Å². The molecule has 1 amide bonds. The van der Waals surface area contributed by atoms with Crippen molar-refractivity contribution in [2.45, 2.75) is 57.9 Å². The van der Waals surface area contributed by atoms with Crippen LogP contribution in [0.1, 0.15) is 27.7 Å². The van der Waals surface area contributed by atoms with Crippen LogP contribution in [-0.4, -0.2) is 54.3 Å². The first-order valence-electron chi connectivity index (χ1n) is 9.60. The number of rotatable bonds is 5. The fourth-order valence-electron chi connectivity index (χ4n) is 3.58. The van der Waals surface area contributed by atoms with Gasteiger partial charge in [0.2, 0.25) is 12.2 Å². The summed E-state index contributed by atoms with van der Waals surface area (Å²) in [6.07, 6.45) is -4.27. The van der Waals surface area contributed by atoms with Crippen molar-refractivity contribution in [1.29, 1.82) is 0 Å². The number of aliphatic hydroxyl groups excluding tert-OH is 1. The third-order valence-electron chi connectivity index (χ3n) is 4.85. The number of carbonyl (C=O) groups is 2. The first-order chi connectivity index (χ1) is 14.5. The smallest absolute Gasteiger partial charge is 0.360 e. The van der Waals surface area contributed by atoms with Gasteiger partial charge in [-0.1, -0.05) is 0 Å². The minimum Gasteiger partial charge on any atom is -0.462 e. The number of anilines is 1. The molecule has 3 rings (SSSR count). The van der Waals surface area contributed by atoms with Crippen LogP contribution >= 0.6 is 0 Å². The Kier molecular flexibility index (Phi) is 6.35. The maximum absolute atomic E-state index is 12.1. The van der Waals surface area contributed by atoms with E-state index in [9.17, 15) is 19.5 Å². The van der Waals surface area contributed by atoms with E-state index in [1.807, 2.05) is 0 Å². The molecule has 2 N–H and O–H groups in total. The average Bonchev–Trinajstić information content (AvgIpc) is 2.65. The van der Waals surface area contributed by atoms with Crippen LogP contribution in [0.4, 0.5) is 5.69 Å². The summed E-state index contributed by atoms with van der Waals surface area (Å²) in [6.45, 7) is 5.97. The molecule has 0 bridgehead atoms. The van der Waals surface area contributed by atoms with Gasteiger partial charge in [-0.25, -0.2) is 4.79 Å². The lowest BCUT2D eigenvalue weighted by Gasteiger charge is -2.47. The Bertz CT molecular complexity index is 1040. The van der Waals surface area contributed by atoms with Crippen LogP contribution in [-0.2, 0) is 23.8 Å². The number of aliphatic hydroxyl groups is 1. The standard InChI is InChI=1S/C21H25NO9/c1-10(23)22-14-8-12-6-7-13(9-15(12)30-19(14)26)29-20-16(25)17(28-11(2)24)18(27-5)21(3,4)31-20/h6-9,16-18,20,25H,1-5H3,(H,22,23)/t16?,17-,18+,20+/m0/s1. The Hall–Kier alpha value is -2.95. The Balaban J connectivity index is 1.88. The SMILES string of the molecule is CO[C@@H]1[C@@H](OC(C)=O)C(O)[C@H](Oc2ccc3cc(NC(C)=O)c(=O)oc3c2)OC1(C)C. The molecule has 10 nitrogen and oxygen atoms in total. The molecule has 1 unspecified atom stereocenters. The third kappa shape index (κ3) is 4.87. The molecular formula is C21H25NO9. The minimum absolute atomic E-state index is 0.0243. The highest BCUT2D eigenvalue weighted by molar-refractivity contribution is 5.91. The average molecular weight is 435 g/mol. The van der Waals surface area contributed by atoms with Crippen molar-refractivity contribution in [3.63, 3.8) is 0 Å². The summed E-state index contributed by atoms with van der Waals surface area (Å²) in [5.74, 6) is -0.723. The Morgan fingerprint density at radius 3 is 2.52 bits per heavy atom. The number of carbonyl (C=O) groups excluding carboxylic acids is 2. The van der Waals surface area contributed by atoms with Crippen molar-refractivity contribution in [2.24, 2.45) is 0 Å². The number of hydrogen-bond acceptors (Lipinski definition) is 9. The van der Waals surface area contributed by atoms with Crippen molar-refractivity contribution in [2.75, 3.05) is 12.4 Å². The topological polar surface area (TPSA) is 134 Å². The maximum Gasteiger partial charge on any atom is 0.360 e. The van der Waals surface area contributed by atoms with E-state index in [4.69, 9.17) is 23.4 Å². The number of ether oxygens (including phenoxy) is 4. The molecule has 1 saturated heterocycles. The molecule has 2 aromatic rings. The van der Waals surface area contributed by atoms with E-state index < -0.39 is 47.7 Å². The van der Waals surface area contributed by atoms with Crippen LogP contribution in [0.5, 0.6) is 5.75 Å². The molecule has 1 aromatic heterocycles. The number of fused-ring (bicyclic) bond motifs is 1. The first-order valence-corrected chi connectivity index (χ1v) is 9.60. The molecule has 0 saturated carbocycles. The second kappa shape index (κ2) is 8.66. The van der Waals surface area contributed by atoms with Crippen molar-refractivity contribution in [3.05, 3.63) is 34.7 Å². The van der Waals surface area contributed by atoms with E-state index >= 15 is 0 Å². The molecule has 10 heteroatoms. The van der Waals surface area contributed by atoms with Gasteiger partial charge in [0, 0.05) is 32.4 Å². The van der Waals surface area contributed by atoms with E-state index in [0.29, 0.717) is 5.39 Å². The summed E-state index contributed by atoms with van der Waals surface area (Å²) < 4.78 is 27.6. The van der Waals surface area contributed by atoms with Gasteiger partial charge in [0.1, 0.15) is 23.1 Å². The van der Waals surface area contributed by atoms with Crippen LogP contribution in [0.25, 0.3) is 11.0 Å². The van der Waals surface area contributed by atoms with Crippen LogP contribution in [0.15, 0.2) is 33.5 Å². The van der Waals surface area contributed by atoms with Crippen LogP contribution in [0, 0.1) is 0 Å². The molecule has 31 heavy (non-hydrogen) atoms. The summed E-state index contributed by atoms with van der Waals surface area (Å²) in [5.41, 5.74) is -1.42. The zero-order valence-electron chi connectivity index (χ0n) is 17.8. The summed E-state index contributed by atoms with van der Waals surface area (Å²) >= 11 is 0. The van der Waals surface area contributed by atoms with E-state index in [1.54, 1.807) is 26.0 Å². The van der Waals surface area contributed by atoms with E-state index in [0.717, 1.165) is 0 Å². The molecule has 1 aliphatic heterocycles. The van der Waals surface area contributed by atoms with Crippen molar-refractivity contribution in [3.8, 4) is 5.75 Å².